The van der Waals surface area contributed by atoms with Gasteiger partial charge in [0, 0.05) is 24.0 Å². The van der Waals surface area contributed by atoms with E-state index in [2.05, 4.69) is 22.1 Å². The van der Waals surface area contributed by atoms with Gasteiger partial charge in [-0.05, 0) is 57.0 Å². The average Bonchev–Trinajstić information content (AvgIpc) is 2.81. The van der Waals surface area contributed by atoms with Gasteiger partial charge in [0.25, 0.3) is 0 Å². The van der Waals surface area contributed by atoms with Crippen molar-refractivity contribution in [1.82, 2.24) is 10.6 Å². The molecule has 20 heavy (non-hydrogen) atoms. The van der Waals surface area contributed by atoms with Gasteiger partial charge in [-0.1, -0.05) is 0 Å². The zero-order chi connectivity index (χ0) is 14.6. The minimum atomic E-state index is -0.438. The van der Waals surface area contributed by atoms with Crippen molar-refractivity contribution < 1.29 is 9.53 Å². The molecule has 1 aliphatic carbocycles. The third-order valence-corrected chi connectivity index (χ3v) is 4.23. The molecule has 1 aliphatic rings. The molecule has 1 amide bonds. The molecule has 4 nitrogen and oxygen atoms in total. The van der Waals surface area contributed by atoms with Crippen molar-refractivity contribution in [1.29, 1.82) is 0 Å². The summed E-state index contributed by atoms with van der Waals surface area (Å²) in [5, 5.41) is 8.46. The van der Waals surface area contributed by atoms with Gasteiger partial charge >= 0.3 is 6.09 Å². The standard InChI is InChI=1S/C15H24N2O2S/c1-15(2,3)19-14(18)17-9-8-16-12-5-4-6-13-11(12)7-10-20-13/h7,10,12,16H,4-6,8-9H2,1-3H3,(H,17,18). The fourth-order valence-electron chi connectivity index (χ4n) is 2.42. The number of alkyl carbamates (subject to hydrolysis) is 1. The highest BCUT2D eigenvalue weighted by atomic mass is 32.1. The number of hydrogen-bond donors (Lipinski definition) is 2. The van der Waals surface area contributed by atoms with Gasteiger partial charge in [0.05, 0.1) is 0 Å². The predicted octanol–water partition coefficient (Wildman–Crippen LogP) is 3.24. The van der Waals surface area contributed by atoms with E-state index in [0.29, 0.717) is 12.6 Å². The Morgan fingerprint density at radius 1 is 1.45 bits per heavy atom. The van der Waals surface area contributed by atoms with Crippen LogP contribution in [0.3, 0.4) is 0 Å². The molecule has 0 fully saturated rings. The molecular formula is C15H24N2O2S. The molecule has 112 valence electrons. The number of amides is 1. The maximum Gasteiger partial charge on any atom is 0.407 e. The number of thiophene rings is 1. The van der Waals surface area contributed by atoms with Crippen LogP contribution in [0.1, 0.15) is 50.1 Å². The number of ether oxygens (including phenoxy) is 1. The van der Waals surface area contributed by atoms with Crippen molar-refractivity contribution in [3.8, 4) is 0 Å². The first-order valence-corrected chi connectivity index (χ1v) is 8.10. The van der Waals surface area contributed by atoms with Crippen LogP contribution in [0.2, 0.25) is 0 Å². The van der Waals surface area contributed by atoms with E-state index < -0.39 is 5.60 Å². The first-order chi connectivity index (χ1) is 9.46. The Kier molecular flexibility index (Phi) is 5.05. The fraction of sp³-hybridized carbons (Fsp3) is 0.667. The van der Waals surface area contributed by atoms with Crippen molar-refractivity contribution >= 4 is 17.4 Å². The van der Waals surface area contributed by atoms with Crippen LogP contribution in [0, 0.1) is 0 Å². The van der Waals surface area contributed by atoms with Crippen LogP contribution >= 0.6 is 11.3 Å². The van der Waals surface area contributed by atoms with E-state index in [-0.39, 0.29) is 6.09 Å². The van der Waals surface area contributed by atoms with Gasteiger partial charge < -0.3 is 15.4 Å². The lowest BCUT2D eigenvalue weighted by Gasteiger charge is -2.24. The van der Waals surface area contributed by atoms with Crippen molar-refractivity contribution in [2.75, 3.05) is 13.1 Å². The Hall–Kier alpha value is -1.07. The molecule has 0 aliphatic heterocycles. The van der Waals surface area contributed by atoms with Crippen LogP contribution in [-0.4, -0.2) is 24.8 Å². The molecule has 0 spiro atoms. The fourth-order valence-corrected chi connectivity index (χ4v) is 3.41. The third kappa shape index (κ3) is 4.49. The molecule has 0 bridgehead atoms. The van der Waals surface area contributed by atoms with Crippen LogP contribution in [0.25, 0.3) is 0 Å². The molecule has 2 N–H and O–H groups in total. The Balaban J connectivity index is 1.69. The highest BCUT2D eigenvalue weighted by molar-refractivity contribution is 7.10. The average molecular weight is 296 g/mol. The van der Waals surface area contributed by atoms with Gasteiger partial charge in [0.1, 0.15) is 5.60 Å². The molecule has 2 rings (SSSR count). The van der Waals surface area contributed by atoms with E-state index >= 15 is 0 Å². The second-order valence-electron chi connectivity index (χ2n) is 6.13. The van der Waals surface area contributed by atoms with Crippen LogP contribution in [0.15, 0.2) is 11.4 Å². The summed E-state index contributed by atoms with van der Waals surface area (Å²) in [5.41, 5.74) is 1.01. The van der Waals surface area contributed by atoms with E-state index in [1.807, 2.05) is 32.1 Å². The monoisotopic (exact) mass is 296 g/mol. The molecule has 0 aromatic carbocycles. The smallest absolute Gasteiger partial charge is 0.407 e. The first kappa shape index (κ1) is 15.3. The van der Waals surface area contributed by atoms with Crippen LogP contribution in [-0.2, 0) is 11.2 Å². The summed E-state index contributed by atoms with van der Waals surface area (Å²) in [7, 11) is 0. The molecule has 1 aromatic heterocycles. The lowest BCUT2D eigenvalue weighted by atomic mass is 9.94. The molecule has 1 atom stereocenters. The number of nitrogens with one attached hydrogen (secondary N) is 2. The highest BCUT2D eigenvalue weighted by Crippen LogP contribution is 2.32. The molecule has 0 saturated carbocycles. The quantitative estimate of drug-likeness (QED) is 0.839. The molecule has 1 heterocycles. The van der Waals surface area contributed by atoms with E-state index in [9.17, 15) is 4.79 Å². The Morgan fingerprint density at radius 3 is 3.00 bits per heavy atom. The van der Waals surface area contributed by atoms with Crippen LogP contribution < -0.4 is 10.6 Å². The SMILES string of the molecule is CC(C)(C)OC(=O)NCCNC1CCCc2sccc21. The summed E-state index contributed by atoms with van der Waals surface area (Å²) < 4.78 is 5.20. The normalized spacial score (nSPS) is 18.4. The Labute approximate surface area is 124 Å². The lowest BCUT2D eigenvalue weighted by molar-refractivity contribution is 0.0528. The van der Waals surface area contributed by atoms with Crippen molar-refractivity contribution in [3.63, 3.8) is 0 Å². The maximum atomic E-state index is 11.5. The maximum absolute atomic E-state index is 11.5. The largest absolute Gasteiger partial charge is 0.444 e. The molecule has 5 heteroatoms. The van der Waals surface area contributed by atoms with E-state index in [1.165, 1.54) is 29.7 Å². The summed E-state index contributed by atoms with van der Waals surface area (Å²) >= 11 is 1.85. The number of rotatable bonds is 4. The number of carbonyl (C=O) groups is 1. The van der Waals surface area contributed by atoms with E-state index in [4.69, 9.17) is 4.74 Å². The molecule has 1 aromatic rings. The van der Waals surface area contributed by atoms with Gasteiger partial charge in [-0.3, -0.25) is 0 Å². The molecular weight excluding hydrogens is 272 g/mol. The molecule has 0 radical (unpaired) electrons. The summed E-state index contributed by atoms with van der Waals surface area (Å²) in [6.45, 7) is 6.95. The van der Waals surface area contributed by atoms with Gasteiger partial charge in [0.15, 0.2) is 0 Å². The Morgan fingerprint density at radius 2 is 2.25 bits per heavy atom. The summed E-state index contributed by atoms with van der Waals surface area (Å²) in [4.78, 5) is 13.0. The van der Waals surface area contributed by atoms with Gasteiger partial charge in [-0.2, -0.15) is 0 Å². The summed E-state index contributed by atoms with van der Waals surface area (Å²) in [5.74, 6) is 0. The second-order valence-corrected chi connectivity index (χ2v) is 7.13. The second kappa shape index (κ2) is 6.59. The zero-order valence-corrected chi connectivity index (χ0v) is 13.3. The summed E-state index contributed by atoms with van der Waals surface area (Å²) in [6, 6.07) is 2.66. The van der Waals surface area contributed by atoms with Crippen LogP contribution in [0.4, 0.5) is 4.79 Å². The molecule has 1 unspecified atom stereocenters. The van der Waals surface area contributed by atoms with Crippen LogP contribution in [0.5, 0.6) is 0 Å². The van der Waals surface area contributed by atoms with Crippen molar-refractivity contribution in [2.24, 2.45) is 0 Å². The molecule has 0 saturated heterocycles. The zero-order valence-electron chi connectivity index (χ0n) is 12.5. The third-order valence-electron chi connectivity index (χ3n) is 3.24. The lowest BCUT2D eigenvalue weighted by Crippen LogP contribution is -2.37. The number of carbonyl (C=O) groups excluding carboxylic acids is 1. The predicted molar refractivity (Wildman–Crippen MR) is 82.2 cm³/mol. The minimum absolute atomic E-state index is 0.348. The topological polar surface area (TPSA) is 50.4 Å². The number of aryl methyl sites for hydroxylation is 1. The van der Waals surface area contributed by atoms with Gasteiger partial charge in [-0.25, -0.2) is 4.79 Å². The van der Waals surface area contributed by atoms with Gasteiger partial charge in [0.2, 0.25) is 0 Å². The van der Waals surface area contributed by atoms with Crippen molar-refractivity contribution in [2.45, 2.75) is 51.7 Å². The van der Waals surface area contributed by atoms with Crippen molar-refractivity contribution in [3.05, 3.63) is 21.9 Å². The number of fused-ring (bicyclic) bond motifs is 1. The van der Waals surface area contributed by atoms with Gasteiger partial charge in [-0.15, -0.1) is 11.3 Å². The minimum Gasteiger partial charge on any atom is -0.444 e. The first-order valence-electron chi connectivity index (χ1n) is 7.22. The highest BCUT2D eigenvalue weighted by Gasteiger charge is 2.20. The Bertz CT molecular complexity index is 451. The van der Waals surface area contributed by atoms with E-state index in [0.717, 1.165) is 6.54 Å². The summed E-state index contributed by atoms with van der Waals surface area (Å²) in [6.07, 6.45) is 3.28. The number of hydrogen-bond acceptors (Lipinski definition) is 4. The van der Waals surface area contributed by atoms with E-state index in [1.54, 1.807) is 0 Å².